The molecule has 2 heterocycles. The molecule has 0 aromatic heterocycles. The summed E-state index contributed by atoms with van der Waals surface area (Å²) in [6.45, 7) is 0.962. The Kier molecular flexibility index (Phi) is 3.08. The molecule has 2 saturated heterocycles. The number of carbonyl (C=O) groups is 1. The third kappa shape index (κ3) is 1.93. The Labute approximate surface area is 108 Å². The summed E-state index contributed by atoms with van der Waals surface area (Å²) in [5.74, 6) is 0.0673. The van der Waals surface area contributed by atoms with Gasteiger partial charge in [-0.25, -0.2) is 0 Å². The smallest absolute Gasteiger partial charge is 0.310 e. The van der Waals surface area contributed by atoms with Crippen LogP contribution >= 0.6 is 0 Å². The van der Waals surface area contributed by atoms with Gasteiger partial charge in [0.2, 0.25) is 0 Å². The highest BCUT2D eigenvalue weighted by molar-refractivity contribution is 5.74. The minimum absolute atomic E-state index is 0.0275. The van der Waals surface area contributed by atoms with Crippen molar-refractivity contribution >= 4 is 5.97 Å². The van der Waals surface area contributed by atoms with Gasteiger partial charge in [0.15, 0.2) is 0 Å². The topological polar surface area (TPSA) is 29.5 Å². The molecule has 0 N–H and O–H groups in total. The fourth-order valence-corrected chi connectivity index (χ4v) is 3.55. The largest absolute Gasteiger partial charge is 0.469 e. The number of hydrogen-bond donors (Lipinski definition) is 0. The number of benzene rings is 1. The van der Waals surface area contributed by atoms with E-state index in [0.717, 1.165) is 19.4 Å². The molecule has 0 aliphatic carbocycles. The van der Waals surface area contributed by atoms with Gasteiger partial charge in [0.05, 0.1) is 13.0 Å². The van der Waals surface area contributed by atoms with Gasteiger partial charge in [0.1, 0.15) is 0 Å². The van der Waals surface area contributed by atoms with Gasteiger partial charge in [0.25, 0.3) is 0 Å². The second-order valence-electron chi connectivity index (χ2n) is 5.32. The second-order valence-corrected chi connectivity index (χ2v) is 5.32. The van der Waals surface area contributed by atoms with Gasteiger partial charge < -0.3 is 4.74 Å². The Hall–Kier alpha value is -1.35. The molecule has 3 rings (SSSR count). The second kappa shape index (κ2) is 4.73. The molecule has 1 aromatic rings. The number of esters is 1. The maximum atomic E-state index is 11.8. The van der Waals surface area contributed by atoms with Crippen molar-refractivity contribution < 1.29 is 9.53 Å². The molecule has 0 radical (unpaired) electrons. The van der Waals surface area contributed by atoms with E-state index in [2.05, 4.69) is 29.2 Å². The van der Waals surface area contributed by atoms with Gasteiger partial charge in [-0.15, -0.1) is 0 Å². The highest BCUT2D eigenvalue weighted by Crippen LogP contribution is 2.42. The normalized spacial score (nSPS) is 30.6. The lowest BCUT2D eigenvalue weighted by atomic mass is 9.89. The number of rotatable bonds is 3. The minimum atomic E-state index is -0.0275. The molecule has 2 aliphatic heterocycles. The zero-order valence-electron chi connectivity index (χ0n) is 10.7. The Balaban J connectivity index is 1.73. The van der Waals surface area contributed by atoms with E-state index in [1.54, 1.807) is 0 Å². The van der Waals surface area contributed by atoms with Crippen molar-refractivity contribution in [3.8, 4) is 0 Å². The van der Waals surface area contributed by atoms with Crippen molar-refractivity contribution in [1.82, 2.24) is 4.90 Å². The zero-order valence-corrected chi connectivity index (χ0v) is 10.7. The monoisotopic (exact) mass is 245 g/mol. The molecule has 2 fully saturated rings. The Morgan fingerprint density at radius 1 is 1.33 bits per heavy atom. The van der Waals surface area contributed by atoms with Gasteiger partial charge >= 0.3 is 5.97 Å². The average Bonchev–Trinajstić information content (AvgIpc) is 2.96. The molecule has 18 heavy (non-hydrogen) atoms. The van der Waals surface area contributed by atoms with Crippen LogP contribution in [-0.2, 0) is 16.1 Å². The van der Waals surface area contributed by atoms with Crippen LogP contribution in [0.25, 0.3) is 0 Å². The summed E-state index contributed by atoms with van der Waals surface area (Å²) in [6.07, 6.45) is 3.34. The van der Waals surface area contributed by atoms with E-state index in [-0.39, 0.29) is 11.9 Å². The van der Waals surface area contributed by atoms with Crippen molar-refractivity contribution in [2.45, 2.75) is 37.9 Å². The molecule has 0 amide bonds. The summed E-state index contributed by atoms with van der Waals surface area (Å²) in [7, 11) is 1.50. The molecular formula is C15H19NO2. The number of methoxy groups -OCH3 is 1. The molecule has 96 valence electrons. The summed E-state index contributed by atoms with van der Waals surface area (Å²) >= 11 is 0. The first-order chi connectivity index (χ1) is 8.79. The van der Waals surface area contributed by atoms with Crippen LogP contribution in [0.15, 0.2) is 30.3 Å². The molecule has 0 spiro atoms. The van der Waals surface area contributed by atoms with E-state index in [9.17, 15) is 4.79 Å². The molecule has 2 aliphatic rings. The van der Waals surface area contributed by atoms with Crippen LogP contribution in [0, 0.1) is 5.92 Å². The summed E-state index contributed by atoms with van der Waals surface area (Å²) in [5, 5.41) is 0. The predicted octanol–water partition coefficient (Wildman–Crippen LogP) is 2.21. The van der Waals surface area contributed by atoms with Gasteiger partial charge in [-0.3, -0.25) is 9.69 Å². The highest BCUT2D eigenvalue weighted by Gasteiger charge is 2.49. The van der Waals surface area contributed by atoms with Crippen LogP contribution in [0.5, 0.6) is 0 Å². The number of ether oxygens (including phenoxy) is 1. The van der Waals surface area contributed by atoms with E-state index in [4.69, 9.17) is 4.74 Å². The van der Waals surface area contributed by atoms with Gasteiger partial charge in [0, 0.05) is 18.6 Å². The van der Waals surface area contributed by atoms with Crippen molar-refractivity contribution in [1.29, 1.82) is 0 Å². The number of carbonyl (C=O) groups excluding carboxylic acids is 1. The van der Waals surface area contributed by atoms with Gasteiger partial charge in [-0.05, 0) is 24.8 Å². The maximum absolute atomic E-state index is 11.8. The number of fused-ring (bicyclic) bond motifs is 2. The molecule has 3 nitrogen and oxygen atoms in total. The number of nitrogens with zero attached hydrogens (tertiary/aromatic N) is 1. The van der Waals surface area contributed by atoms with E-state index in [0.29, 0.717) is 12.1 Å². The fourth-order valence-electron chi connectivity index (χ4n) is 3.55. The molecule has 3 atom stereocenters. The van der Waals surface area contributed by atoms with Crippen LogP contribution in [0.1, 0.15) is 24.8 Å². The lowest BCUT2D eigenvalue weighted by Gasteiger charge is -2.23. The van der Waals surface area contributed by atoms with E-state index >= 15 is 0 Å². The fraction of sp³-hybridized carbons (Fsp3) is 0.533. The molecule has 0 saturated carbocycles. The summed E-state index contributed by atoms with van der Waals surface area (Å²) < 4.78 is 4.92. The van der Waals surface area contributed by atoms with E-state index in [1.807, 2.05) is 6.07 Å². The first-order valence-corrected chi connectivity index (χ1v) is 6.67. The van der Waals surface area contributed by atoms with Crippen LogP contribution in [-0.4, -0.2) is 30.1 Å². The summed E-state index contributed by atoms with van der Waals surface area (Å²) in [4.78, 5) is 14.2. The number of hydrogen-bond acceptors (Lipinski definition) is 3. The van der Waals surface area contributed by atoms with Crippen LogP contribution in [0.4, 0.5) is 0 Å². The van der Waals surface area contributed by atoms with Crippen molar-refractivity contribution in [2.24, 2.45) is 5.92 Å². The third-order valence-electron chi connectivity index (χ3n) is 4.39. The molecular weight excluding hydrogens is 226 g/mol. The minimum Gasteiger partial charge on any atom is -0.469 e. The quantitative estimate of drug-likeness (QED) is 0.765. The third-order valence-corrected chi connectivity index (χ3v) is 4.39. The first kappa shape index (κ1) is 11.7. The van der Waals surface area contributed by atoms with E-state index in [1.165, 1.54) is 19.1 Å². The van der Waals surface area contributed by atoms with Gasteiger partial charge in [-0.1, -0.05) is 30.3 Å². The predicted molar refractivity (Wildman–Crippen MR) is 68.9 cm³/mol. The highest BCUT2D eigenvalue weighted by atomic mass is 16.5. The van der Waals surface area contributed by atoms with Gasteiger partial charge in [-0.2, -0.15) is 0 Å². The van der Waals surface area contributed by atoms with E-state index < -0.39 is 0 Å². The Bertz CT molecular complexity index is 431. The standard InChI is InChI=1S/C15H19NO2/c1-18-15(17)13-9-12-7-8-14(13)16(12)10-11-5-3-2-4-6-11/h2-6,12-14H,7-10H2,1H3/t12-,13-,14+/m0/s1. The van der Waals surface area contributed by atoms with Crippen LogP contribution in [0.3, 0.4) is 0 Å². The summed E-state index contributed by atoms with van der Waals surface area (Å²) in [5.41, 5.74) is 1.33. The van der Waals surface area contributed by atoms with Crippen molar-refractivity contribution in [2.75, 3.05) is 7.11 Å². The molecule has 3 heteroatoms. The Morgan fingerprint density at radius 3 is 2.83 bits per heavy atom. The van der Waals surface area contributed by atoms with Crippen LogP contribution < -0.4 is 0 Å². The SMILES string of the molecule is COC(=O)[C@H]1C[C@@H]2CC[C@H]1N2Cc1ccccc1. The molecule has 0 unspecified atom stereocenters. The molecule has 2 bridgehead atoms. The average molecular weight is 245 g/mol. The zero-order chi connectivity index (χ0) is 12.5. The molecule has 1 aromatic carbocycles. The lowest BCUT2D eigenvalue weighted by molar-refractivity contribution is -0.146. The van der Waals surface area contributed by atoms with Crippen LogP contribution in [0.2, 0.25) is 0 Å². The first-order valence-electron chi connectivity index (χ1n) is 6.67. The lowest BCUT2D eigenvalue weighted by Crippen LogP contribution is -2.33. The van der Waals surface area contributed by atoms with Crippen molar-refractivity contribution in [3.63, 3.8) is 0 Å². The van der Waals surface area contributed by atoms with Crippen molar-refractivity contribution in [3.05, 3.63) is 35.9 Å². The summed E-state index contributed by atoms with van der Waals surface area (Å²) in [6, 6.07) is 11.5. The Morgan fingerprint density at radius 2 is 2.11 bits per heavy atom. The maximum Gasteiger partial charge on any atom is 0.310 e.